The van der Waals surface area contributed by atoms with Gasteiger partial charge in [0, 0.05) is 22.8 Å². The molecule has 1 rings (SSSR count). The molecule has 1 N–H and O–H groups in total. The number of aryl methyl sites for hydroxylation is 1. The maximum atomic E-state index is 11.4. The highest BCUT2D eigenvalue weighted by atomic mass is 79.9. The molecule has 0 fully saturated rings. The zero-order valence-electron chi connectivity index (χ0n) is 11.0. The lowest BCUT2D eigenvalue weighted by molar-refractivity contribution is 0.573. The minimum atomic E-state index is -2.88. The SMILES string of the molecule is CCS(=O)(=O)CCN[C@@H](C)c1ccc(Br)c(C)c1. The second-order valence-corrected chi connectivity index (χ2v) is 7.75. The van der Waals surface area contributed by atoms with Gasteiger partial charge in [0.1, 0.15) is 0 Å². The van der Waals surface area contributed by atoms with Gasteiger partial charge in [-0.15, -0.1) is 0 Å². The fourth-order valence-electron chi connectivity index (χ4n) is 1.63. The smallest absolute Gasteiger partial charge is 0.151 e. The summed E-state index contributed by atoms with van der Waals surface area (Å²) in [6, 6.07) is 6.33. The Balaban J connectivity index is 2.55. The van der Waals surface area contributed by atoms with Crippen LogP contribution in [0.15, 0.2) is 22.7 Å². The number of rotatable bonds is 6. The number of sulfone groups is 1. The van der Waals surface area contributed by atoms with Crippen molar-refractivity contribution in [3.8, 4) is 0 Å². The third-order valence-electron chi connectivity index (χ3n) is 2.99. The van der Waals surface area contributed by atoms with Gasteiger partial charge in [0.2, 0.25) is 0 Å². The van der Waals surface area contributed by atoms with Crippen LogP contribution in [0.25, 0.3) is 0 Å². The lowest BCUT2D eigenvalue weighted by Gasteiger charge is -2.15. The van der Waals surface area contributed by atoms with Gasteiger partial charge in [0.15, 0.2) is 9.84 Å². The Morgan fingerprint density at radius 2 is 2.06 bits per heavy atom. The first-order valence-corrected chi connectivity index (χ1v) is 8.67. The lowest BCUT2D eigenvalue weighted by atomic mass is 10.1. The highest BCUT2D eigenvalue weighted by molar-refractivity contribution is 9.10. The van der Waals surface area contributed by atoms with Gasteiger partial charge in [0.05, 0.1) is 5.75 Å². The molecule has 1 aromatic rings. The van der Waals surface area contributed by atoms with Crippen LogP contribution in [0.2, 0.25) is 0 Å². The molecule has 0 aliphatic carbocycles. The lowest BCUT2D eigenvalue weighted by Crippen LogP contribution is -2.26. The van der Waals surface area contributed by atoms with E-state index >= 15 is 0 Å². The van der Waals surface area contributed by atoms with Crippen LogP contribution in [0.4, 0.5) is 0 Å². The number of hydrogen-bond acceptors (Lipinski definition) is 3. The molecule has 0 aliphatic heterocycles. The summed E-state index contributed by atoms with van der Waals surface area (Å²) in [7, 11) is -2.88. The first-order chi connectivity index (χ1) is 8.35. The van der Waals surface area contributed by atoms with Crippen molar-refractivity contribution in [2.24, 2.45) is 0 Å². The van der Waals surface area contributed by atoms with Crippen molar-refractivity contribution in [1.82, 2.24) is 5.32 Å². The van der Waals surface area contributed by atoms with Crippen LogP contribution >= 0.6 is 15.9 Å². The van der Waals surface area contributed by atoms with Gasteiger partial charge in [-0.1, -0.05) is 35.0 Å². The van der Waals surface area contributed by atoms with Crippen molar-refractivity contribution in [3.05, 3.63) is 33.8 Å². The van der Waals surface area contributed by atoms with E-state index in [0.717, 1.165) is 4.47 Å². The summed E-state index contributed by atoms with van der Waals surface area (Å²) in [5, 5.41) is 3.24. The Hall–Kier alpha value is -0.390. The van der Waals surface area contributed by atoms with E-state index in [1.807, 2.05) is 26.0 Å². The minimum Gasteiger partial charge on any atom is -0.309 e. The predicted octanol–water partition coefficient (Wildman–Crippen LogP) is 2.84. The average Bonchev–Trinajstić information content (AvgIpc) is 2.32. The summed E-state index contributed by atoms with van der Waals surface area (Å²) in [6.07, 6.45) is 0. The van der Waals surface area contributed by atoms with Gasteiger partial charge in [-0.3, -0.25) is 0 Å². The van der Waals surface area contributed by atoms with Crippen molar-refractivity contribution < 1.29 is 8.42 Å². The monoisotopic (exact) mass is 333 g/mol. The van der Waals surface area contributed by atoms with Crippen molar-refractivity contribution >= 4 is 25.8 Å². The Kier molecular flexibility index (Phi) is 5.82. The summed E-state index contributed by atoms with van der Waals surface area (Å²) < 4.78 is 23.8. The molecule has 0 amide bonds. The van der Waals surface area contributed by atoms with Crippen molar-refractivity contribution in [2.45, 2.75) is 26.8 Å². The second kappa shape index (κ2) is 6.68. The van der Waals surface area contributed by atoms with E-state index in [0.29, 0.717) is 6.54 Å². The molecule has 18 heavy (non-hydrogen) atoms. The fraction of sp³-hybridized carbons (Fsp3) is 0.538. The first-order valence-electron chi connectivity index (χ1n) is 6.05. The molecule has 0 aliphatic rings. The van der Waals surface area contributed by atoms with Crippen molar-refractivity contribution in [3.63, 3.8) is 0 Å². The van der Waals surface area contributed by atoms with Crippen LogP contribution in [0.1, 0.15) is 31.0 Å². The summed E-state index contributed by atoms with van der Waals surface area (Å²) >= 11 is 3.47. The van der Waals surface area contributed by atoms with Crippen LogP contribution in [0.3, 0.4) is 0 Å². The highest BCUT2D eigenvalue weighted by Gasteiger charge is 2.10. The molecule has 0 spiro atoms. The van der Waals surface area contributed by atoms with Gasteiger partial charge in [-0.25, -0.2) is 8.42 Å². The molecule has 102 valence electrons. The van der Waals surface area contributed by atoms with Gasteiger partial charge < -0.3 is 5.32 Å². The number of nitrogens with one attached hydrogen (secondary N) is 1. The van der Waals surface area contributed by atoms with Crippen LogP contribution in [0, 0.1) is 6.92 Å². The molecule has 0 unspecified atom stereocenters. The largest absolute Gasteiger partial charge is 0.309 e. The van der Waals surface area contributed by atoms with Crippen LogP contribution in [0.5, 0.6) is 0 Å². The zero-order chi connectivity index (χ0) is 13.8. The molecule has 3 nitrogen and oxygen atoms in total. The van der Waals surface area contributed by atoms with E-state index in [9.17, 15) is 8.42 Å². The molecule has 1 atom stereocenters. The molecule has 0 aromatic heterocycles. The Bertz CT molecular complexity index is 500. The van der Waals surface area contributed by atoms with E-state index < -0.39 is 9.84 Å². The quantitative estimate of drug-likeness (QED) is 0.870. The zero-order valence-corrected chi connectivity index (χ0v) is 13.4. The highest BCUT2D eigenvalue weighted by Crippen LogP contribution is 2.20. The van der Waals surface area contributed by atoms with E-state index in [-0.39, 0.29) is 17.5 Å². The van der Waals surface area contributed by atoms with Crippen molar-refractivity contribution in [2.75, 3.05) is 18.1 Å². The topological polar surface area (TPSA) is 46.2 Å². The molecular weight excluding hydrogens is 314 g/mol. The average molecular weight is 334 g/mol. The van der Waals surface area contributed by atoms with Crippen LogP contribution < -0.4 is 5.32 Å². The molecule has 0 saturated carbocycles. The normalized spacial score (nSPS) is 13.6. The molecule has 0 saturated heterocycles. The maximum Gasteiger partial charge on any atom is 0.151 e. The summed E-state index contributed by atoms with van der Waals surface area (Å²) in [4.78, 5) is 0. The van der Waals surface area contributed by atoms with Crippen molar-refractivity contribution in [1.29, 1.82) is 0 Å². The number of halogens is 1. The molecule has 0 radical (unpaired) electrons. The number of benzene rings is 1. The molecule has 1 aromatic carbocycles. The Morgan fingerprint density at radius 3 is 2.61 bits per heavy atom. The third-order valence-corrected chi connectivity index (χ3v) is 5.58. The third kappa shape index (κ3) is 4.71. The van der Waals surface area contributed by atoms with E-state index in [2.05, 4.69) is 27.3 Å². The second-order valence-electron chi connectivity index (χ2n) is 4.42. The van der Waals surface area contributed by atoms with E-state index in [1.165, 1.54) is 11.1 Å². The van der Waals surface area contributed by atoms with E-state index in [1.54, 1.807) is 6.92 Å². The Labute approximate surface area is 118 Å². The minimum absolute atomic E-state index is 0.156. The summed E-state index contributed by atoms with van der Waals surface area (Å²) in [6.45, 7) is 6.26. The predicted molar refractivity (Wildman–Crippen MR) is 79.6 cm³/mol. The van der Waals surface area contributed by atoms with Gasteiger partial charge >= 0.3 is 0 Å². The van der Waals surface area contributed by atoms with Gasteiger partial charge in [0.25, 0.3) is 0 Å². The molecule has 0 bridgehead atoms. The molecule has 5 heteroatoms. The molecule has 0 heterocycles. The Morgan fingerprint density at radius 1 is 1.39 bits per heavy atom. The first kappa shape index (κ1) is 15.7. The maximum absolute atomic E-state index is 11.4. The van der Waals surface area contributed by atoms with Crippen LogP contribution in [-0.4, -0.2) is 26.5 Å². The summed E-state index contributed by atoms with van der Waals surface area (Å²) in [5.74, 6) is 0.407. The van der Waals surface area contributed by atoms with Crippen LogP contribution in [-0.2, 0) is 9.84 Å². The van der Waals surface area contributed by atoms with Gasteiger partial charge in [-0.2, -0.15) is 0 Å². The summed E-state index contributed by atoms with van der Waals surface area (Å²) in [5.41, 5.74) is 2.35. The number of hydrogen-bond donors (Lipinski definition) is 1. The van der Waals surface area contributed by atoms with E-state index in [4.69, 9.17) is 0 Å². The fourth-order valence-corrected chi connectivity index (χ4v) is 2.59. The van der Waals surface area contributed by atoms with Gasteiger partial charge in [-0.05, 0) is 31.0 Å². The standard InChI is InChI=1S/C13H20BrNO2S/c1-4-18(16,17)8-7-15-11(3)12-5-6-13(14)10(2)9-12/h5-6,9,11,15H,4,7-8H2,1-3H3/t11-/m0/s1. The molecular formula is C13H20BrNO2S.